The second kappa shape index (κ2) is 3.86. The smallest absolute Gasteiger partial charge is 0.315 e. The Balaban J connectivity index is 2.52. The molecule has 0 fully saturated rings. The number of hydrogen-bond donors (Lipinski definition) is 1. The van der Waals surface area contributed by atoms with Gasteiger partial charge in [-0.3, -0.25) is 0 Å². The molecule has 0 aromatic carbocycles. The largest absolute Gasteiger partial charge is 0.506 e. The van der Waals surface area contributed by atoms with Crippen molar-refractivity contribution >= 4 is 17.4 Å². The lowest BCUT2D eigenvalue weighted by Gasteiger charge is -2.25. The van der Waals surface area contributed by atoms with Crippen LogP contribution in [0, 0.1) is 5.82 Å². The minimum absolute atomic E-state index is 0.0822. The molecule has 0 saturated carbocycles. The first-order chi connectivity index (χ1) is 7.50. The van der Waals surface area contributed by atoms with Crippen LogP contribution in [0.4, 0.5) is 13.2 Å². The van der Waals surface area contributed by atoms with Crippen LogP contribution in [0.25, 0.3) is 5.76 Å². The maximum absolute atomic E-state index is 13.5. The van der Waals surface area contributed by atoms with Crippen LogP contribution in [0.2, 0.25) is 5.15 Å². The molecule has 1 aromatic rings. The van der Waals surface area contributed by atoms with Crippen molar-refractivity contribution in [3.05, 3.63) is 34.5 Å². The summed E-state index contributed by atoms with van der Waals surface area (Å²) in [4.78, 5) is 4.01. The van der Waals surface area contributed by atoms with Gasteiger partial charge in [0.25, 0.3) is 0 Å². The van der Waals surface area contributed by atoms with E-state index in [1.165, 1.54) is 0 Å². The highest BCUT2D eigenvalue weighted by atomic mass is 35.5. The predicted molar refractivity (Wildman–Crippen MR) is 51.4 cm³/mol. The van der Waals surface area contributed by atoms with Gasteiger partial charge in [0.05, 0.1) is 6.54 Å². The summed E-state index contributed by atoms with van der Waals surface area (Å²) >= 11 is 5.43. The molecule has 2 heterocycles. The molecule has 0 aliphatic carbocycles. The Morgan fingerprint density at radius 3 is 2.81 bits per heavy atom. The number of pyridine rings is 1. The average molecular weight is 251 g/mol. The van der Waals surface area contributed by atoms with E-state index in [4.69, 9.17) is 11.6 Å². The lowest BCUT2D eigenvalue weighted by atomic mass is 10.1. The van der Waals surface area contributed by atoms with E-state index in [2.05, 4.69) is 4.98 Å². The number of halogens is 4. The maximum Gasteiger partial charge on any atom is 0.315 e. The zero-order valence-electron chi connectivity index (χ0n) is 7.79. The summed E-state index contributed by atoms with van der Waals surface area (Å²) in [5.74, 6) is -1.34. The van der Waals surface area contributed by atoms with E-state index < -0.39 is 23.3 Å². The van der Waals surface area contributed by atoms with Crippen LogP contribution in [0.1, 0.15) is 11.1 Å². The van der Waals surface area contributed by atoms with Gasteiger partial charge in [0.15, 0.2) is 11.0 Å². The first-order valence-electron chi connectivity index (χ1n) is 4.28. The van der Waals surface area contributed by atoms with Gasteiger partial charge in [-0.05, 0) is 0 Å². The van der Waals surface area contributed by atoms with Crippen LogP contribution < -0.4 is 0 Å². The summed E-state index contributed by atoms with van der Waals surface area (Å²) in [6.45, 7) is -3.17. The Morgan fingerprint density at radius 2 is 2.19 bits per heavy atom. The van der Waals surface area contributed by atoms with E-state index in [0.29, 0.717) is 4.90 Å². The third-order valence-corrected chi connectivity index (χ3v) is 2.50. The highest BCUT2D eigenvalue weighted by molar-refractivity contribution is 6.29. The minimum Gasteiger partial charge on any atom is -0.506 e. The third kappa shape index (κ3) is 1.69. The van der Waals surface area contributed by atoms with Crippen molar-refractivity contribution in [3.63, 3.8) is 0 Å². The lowest BCUT2D eigenvalue weighted by Crippen LogP contribution is -2.27. The number of aliphatic hydroxyl groups is 1. The molecule has 1 N–H and O–H groups in total. The highest BCUT2D eigenvalue weighted by Crippen LogP contribution is 2.30. The molecule has 0 unspecified atom stereocenters. The van der Waals surface area contributed by atoms with Crippen LogP contribution in [0.3, 0.4) is 0 Å². The van der Waals surface area contributed by atoms with Crippen LogP contribution in [-0.2, 0) is 6.54 Å². The zero-order valence-corrected chi connectivity index (χ0v) is 8.55. The van der Waals surface area contributed by atoms with Gasteiger partial charge in [-0.2, -0.15) is 8.78 Å². The molecule has 1 aliphatic heterocycles. The van der Waals surface area contributed by atoms with Crippen molar-refractivity contribution in [2.24, 2.45) is 0 Å². The van der Waals surface area contributed by atoms with Crippen molar-refractivity contribution in [3.8, 4) is 0 Å². The van der Waals surface area contributed by atoms with Crippen molar-refractivity contribution in [1.82, 2.24) is 9.88 Å². The molecule has 0 saturated heterocycles. The van der Waals surface area contributed by atoms with Crippen molar-refractivity contribution < 1.29 is 18.3 Å². The van der Waals surface area contributed by atoms with Crippen molar-refractivity contribution in [2.45, 2.75) is 13.1 Å². The first kappa shape index (κ1) is 11.1. The summed E-state index contributed by atoms with van der Waals surface area (Å²) < 4.78 is 38.3. The monoisotopic (exact) mass is 250 g/mol. The van der Waals surface area contributed by atoms with Crippen molar-refractivity contribution in [1.29, 1.82) is 0 Å². The van der Waals surface area contributed by atoms with Gasteiger partial charge < -0.3 is 10.0 Å². The molecule has 7 heteroatoms. The molecule has 16 heavy (non-hydrogen) atoms. The molecule has 0 amide bonds. The Hall–Kier alpha value is -1.43. The summed E-state index contributed by atoms with van der Waals surface area (Å²) in [5.41, 5.74) is -0.000833. The SMILES string of the molecule is OC1=CN(C(F)F)Cc2c1cnc(Cl)c2F. The number of alkyl halides is 2. The zero-order chi connectivity index (χ0) is 11.9. The third-order valence-electron chi connectivity index (χ3n) is 2.23. The van der Waals surface area contributed by atoms with Gasteiger partial charge in [0.2, 0.25) is 0 Å². The number of aromatic nitrogens is 1. The fourth-order valence-corrected chi connectivity index (χ4v) is 1.62. The molecule has 0 radical (unpaired) electrons. The number of rotatable bonds is 1. The van der Waals surface area contributed by atoms with Gasteiger partial charge in [0.1, 0.15) is 5.76 Å². The van der Waals surface area contributed by atoms with E-state index in [0.717, 1.165) is 12.4 Å². The molecule has 86 valence electrons. The quantitative estimate of drug-likeness (QED) is 0.615. The van der Waals surface area contributed by atoms with Gasteiger partial charge in [-0.15, -0.1) is 0 Å². The first-order valence-corrected chi connectivity index (χ1v) is 4.66. The standard InChI is InChI=1S/C9H6ClF3N2O/c10-8-7(11)5-2-15(9(12)13)3-6(16)4(5)1-14-8/h1,3,9,16H,2H2. The Bertz CT molecular complexity index is 464. The van der Waals surface area contributed by atoms with Crippen LogP contribution in [0.15, 0.2) is 12.4 Å². The molecule has 2 rings (SSSR count). The fraction of sp³-hybridized carbons (Fsp3) is 0.222. The number of aliphatic hydroxyl groups excluding tert-OH is 1. The summed E-state index contributed by atoms with van der Waals surface area (Å²) in [6.07, 6.45) is 2.00. The molecule has 0 spiro atoms. The van der Waals surface area contributed by atoms with Gasteiger partial charge in [-0.1, -0.05) is 11.6 Å². The Morgan fingerprint density at radius 1 is 1.50 bits per heavy atom. The Labute approximate surface area is 93.8 Å². The molecular weight excluding hydrogens is 245 g/mol. The number of fused-ring (bicyclic) bond motifs is 1. The van der Waals surface area contributed by atoms with E-state index in [9.17, 15) is 18.3 Å². The predicted octanol–water partition coefficient (Wildman–Crippen LogP) is 2.77. The number of nitrogens with zero attached hydrogens (tertiary/aromatic N) is 2. The second-order valence-electron chi connectivity index (χ2n) is 3.22. The molecule has 0 bridgehead atoms. The number of hydrogen-bond acceptors (Lipinski definition) is 3. The fourth-order valence-electron chi connectivity index (χ4n) is 1.45. The molecule has 3 nitrogen and oxygen atoms in total. The summed E-state index contributed by atoms with van der Waals surface area (Å²) in [7, 11) is 0. The maximum atomic E-state index is 13.5. The Kier molecular flexibility index (Phi) is 2.67. The van der Waals surface area contributed by atoms with Gasteiger partial charge in [-0.25, -0.2) is 9.37 Å². The van der Waals surface area contributed by atoms with Crippen LogP contribution in [-0.4, -0.2) is 21.5 Å². The summed E-state index contributed by atoms with van der Waals surface area (Å²) in [6, 6.07) is 0. The lowest BCUT2D eigenvalue weighted by molar-refractivity contribution is -0.00155. The summed E-state index contributed by atoms with van der Waals surface area (Å²) in [5, 5.41) is 9.03. The van der Waals surface area contributed by atoms with E-state index in [1.807, 2.05) is 0 Å². The topological polar surface area (TPSA) is 36.4 Å². The van der Waals surface area contributed by atoms with Crippen LogP contribution >= 0.6 is 11.6 Å². The highest BCUT2D eigenvalue weighted by Gasteiger charge is 2.26. The van der Waals surface area contributed by atoms with Gasteiger partial charge >= 0.3 is 6.55 Å². The van der Waals surface area contributed by atoms with Crippen LogP contribution in [0.5, 0.6) is 0 Å². The van der Waals surface area contributed by atoms with E-state index in [-0.39, 0.29) is 17.7 Å². The van der Waals surface area contributed by atoms with E-state index in [1.54, 1.807) is 0 Å². The minimum atomic E-state index is -2.82. The van der Waals surface area contributed by atoms with E-state index >= 15 is 0 Å². The molecule has 1 aliphatic rings. The van der Waals surface area contributed by atoms with Gasteiger partial charge in [0, 0.05) is 23.5 Å². The normalized spacial score (nSPS) is 15.1. The van der Waals surface area contributed by atoms with Crippen molar-refractivity contribution in [2.75, 3.05) is 0 Å². The molecular formula is C9H6ClF3N2O. The molecule has 1 aromatic heterocycles. The molecule has 0 atom stereocenters. The second-order valence-corrected chi connectivity index (χ2v) is 3.58. The average Bonchev–Trinajstić information content (AvgIpc) is 2.23.